The van der Waals surface area contributed by atoms with E-state index in [-0.39, 0.29) is 30.6 Å². The van der Waals surface area contributed by atoms with Crippen molar-refractivity contribution in [3.8, 4) is 0 Å². The average Bonchev–Trinajstić information content (AvgIpc) is 2.85. The van der Waals surface area contributed by atoms with Crippen LogP contribution in [-0.4, -0.2) is 29.8 Å². The molecule has 1 saturated heterocycles. The number of benzene rings is 2. The van der Waals surface area contributed by atoms with Gasteiger partial charge in [0.1, 0.15) is 5.82 Å². The minimum atomic E-state index is -0.576. The lowest BCUT2D eigenvalue weighted by molar-refractivity contribution is -0.122. The SMILES string of the molecule is Cc1ccc(N2C(=O)CC(N(C)Cc3ccccc3F)C2=O)c(C)c1. The van der Waals surface area contributed by atoms with Crippen molar-refractivity contribution in [2.45, 2.75) is 32.9 Å². The van der Waals surface area contributed by atoms with Crippen LogP contribution in [0.2, 0.25) is 0 Å². The van der Waals surface area contributed by atoms with Gasteiger partial charge in [0.05, 0.1) is 18.2 Å². The van der Waals surface area contributed by atoms with Gasteiger partial charge in [0.25, 0.3) is 5.91 Å². The van der Waals surface area contributed by atoms with Crippen LogP contribution >= 0.6 is 0 Å². The summed E-state index contributed by atoms with van der Waals surface area (Å²) in [6.07, 6.45) is 0.108. The van der Waals surface area contributed by atoms with E-state index < -0.39 is 6.04 Å². The molecule has 2 aromatic rings. The Morgan fingerprint density at radius 1 is 1.16 bits per heavy atom. The highest BCUT2D eigenvalue weighted by atomic mass is 19.1. The van der Waals surface area contributed by atoms with Crippen LogP contribution in [0.3, 0.4) is 0 Å². The number of likely N-dealkylation sites (N-methyl/N-ethyl adjacent to an activating group) is 1. The number of anilines is 1. The minimum absolute atomic E-state index is 0.108. The zero-order valence-electron chi connectivity index (χ0n) is 14.6. The molecule has 5 heteroatoms. The van der Waals surface area contributed by atoms with E-state index in [1.807, 2.05) is 26.0 Å². The van der Waals surface area contributed by atoms with E-state index in [0.29, 0.717) is 11.3 Å². The molecule has 1 aliphatic heterocycles. The highest BCUT2D eigenvalue weighted by molar-refractivity contribution is 6.22. The third kappa shape index (κ3) is 3.33. The number of aryl methyl sites for hydroxylation is 2. The number of hydrogen-bond donors (Lipinski definition) is 0. The van der Waals surface area contributed by atoms with Crippen molar-refractivity contribution in [1.82, 2.24) is 4.90 Å². The first-order valence-electron chi connectivity index (χ1n) is 8.26. The minimum Gasteiger partial charge on any atom is -0.290 e. The van der Waals surface area contributed by atoms with E-state index in [1.165, 1.54) is 11.0 Å². The molecule has 1 unspecified atom stereocenters. The van der Waals surface area contributed by atoms with Gasteiger partial charge in [-0.25, -0.2) is 9.29 Å². The lowest BCUT2D eigenvalue weighted by Crippen LogP contribution is -2.40. The van der Waals surface area contributed by atoms with Gasteiger partial charge in [0.15, 0.2) is 0 Å². The number of carbonyl (C=O) groups excluding carboxylic acids is 2. The zero-order chi connectivity index (χ0) is 18.1. The van der Waals surface area contributed by atoms with Crippen LogP contribution in [0.1, 0.15) is 23.1 Å². The molecule has 2 amide bonds. The fraction of sp³-hybridized carbons (Fsp3) is 0.300. The number of nitrogens with zero attached hydrogens (tertiary/aromatic N) is 2. The first-order valence-corrected chi connectivity index (χ1v) is 8.26. The van der Waals surface area contributed by atoms with Crippen molar-refractivity contribution in [3.05, 3.63) is 65.0 Å². The second-order valence-corrected chi connectivity index (χ2v) is 6.58. The van der Waals surface area contributed by atoms with Gasteiger partial charge >= 0.3 is 0 Å². The monoisotopic (exact) mass is 340 g/mol. The van der Waals surface area contributed by atoms with E-state index >= 15 is 0 Å². The average molecular weight is 340 g/mol. The number of halogens is 1. The van der Waals surface area contributed by atoms with Crippen LogP contribution in [0.25, 0.3) is 0 Å². The van der Waals surface area contributed by atoms with Crippen LogP contribution in [0.5, 0.6) is 0 Å². The molecule has 0 radical (unpaired) electrons. The Labute approximate surface area is 146 Å². The molecule has 1 fully saturated rings. The predicted octanol–water partition coefficient (Wildman–Crippen LogP) is 3.21. The van der Waals surface area contributed by atoms with Crippen LogP contribution < -0.4 is 4.90 Å². The van der Waals surface area contributed by atoms with Gasteiger partial charge in [0, 0.05) is 12.1 Å². The molecule has 0 saturated carbocycles. The number of hydrogen-bond acceptors (Lipinski definition) is 3. The maximum atomic E-state index is 13.9. The molecule has 0 spiro atoms. The highest BCUT2D eigenvalue weighted by Crippen LogP contribution is 2.29. The smallest absolute Gasteiger partial charge is 0.251 e. The van der Waals surface area contributed by atoms with Gasteiger partial charge in [0.2, 0.25) is 5.91 Å². The molecule has 0 N–H and O–H groups in total. The van der Waals surface area contributed by atoms with Gasteiger partial charge in [-0.2, -0.15) is 0 Å². The van der Waals surface area contributed by atoms with Gasteiger partial charge in [-0.05, 0) is 38.6 Å². The van der Waals surface area contributed by atoms with Gasteiger partial charge < -0.3 is 0 Å². The Morgan fingerprint density at radius 3 is 2.56 bits per heavy atom. The summed E-state index contributed by atoms with van der Waals surface area (Å²) >= 11 is 0. The summed E-state index contributed by atoms with van der Waals surface area (Å²) in [5.41, 5.74) is 3.10. The number of imide groups is 1. The van der Waals surface area contributed by atoms with Crippen molar-refractivity contribution in [3.63, 3.8) is 0 Å². The van der Waals surface area contributed by atoms with Crippen LogP contribution in [0, 0.1) is 19.7 Å². The number of rotatable bonds is 4. The summed E-state index contributed by atoms with van der Waals surface area (Å²) in [7, 11) is 1.74. The Bertz CT molecular complexity index is 834. The van der Waals surface area contributed by atoms with E-state index in [2.05, 4.69) is 0 Å². The lowest BCUT2D eigenvalue weighted by Gasteiger charge is -2.23. The molecule has 2 aromatic carbocycles. The topological polar surface area (TPSA) is 40.6 Å². The second kappa shape index (κ2) is 6.76. The third-order valence-electron chi connectivity index (χ3n) is 4.63. The lowest BCUT2D eigenvalue weighted by atomic mass is 10.1. The normalized spacial score (nSPS) is 17.6. The Hall–Kier alpha value is -2.53. The van der Waals surface area contributed by atoms with Gasteiger partial charge in [-0.3, -0.25) is 14.5 Å². The quantitative estimate of drug-likeness (QED) is 0.803. The van der Waals surface area contributed by atoms with Gasteiger partial charge in [-0.15, -0.1) is 0 Å². The summed E-state index contributed by atoms with van der Waals surface area (Å²) in [6.45, 7) is 4.13. The van der Waals surface area contributed by atoms with Crippen molar-refractivity contribution < 1.29 is 14.0 Å². The van der Waals surface area contributed by atoms with E-state index in [0.717, 1.165) is 11.1 Å². The first-order chi connectivity index (χ1) is 11.9. The second-order valence-electron chi connectivity index (χ2n) is 6.58. The highest BCUT2D eigenvalue weighted by Gasteiger charge is 2.42. The Balaban J connectivity index is 1.82. The Morgan fingerprint density at radius 2 is 1.88 bits per heavy atom. The molecule has 1 heterocycles. The predicted molar refractivity (Wildman–Crippen MR) is 94.7 cm³/mol. The largest absolute Gasteiger partial charge is 0.290 e. The third-order valence-corrected chi connectivity index (χ3v) is 4.63. The molecule has 130 valence electrons. The van der Waals surface area contributed by atoms with E-state index in [1.54, 1.807) is 36.2 Å². The van der Waals surface area contributed by atoms with Crippen LogP contribution in [0.4, 0.5) is 10.1 Å². The van der Waals surface area contributed by atoms with Crippen LogP contribution in [-0.2, 0) is 16.1 Å². The fourth-order valence-electron chi connectivity index (χ4n) is 3.28. The fourth-order valence-corrected chi connectivity index (χ4v) is 3.28. The number of amides is 2. The zero-order valence-corrected chi connectivity index (χ0v) is 14.6. The molecular weight excluding hydrogens is 319 g/mol. The summed E-state index contributed by atoms with van der Waals surface area (Å²) in [6, 6.07) is 11.5. The van der Waals surface area contributed by atoms with Crippen LogP contribution in [0.15, 0.2) is 42.5 Å². The summed E-state index contributed by atoms with van der Waals surface area (Å²) in [5, 5.41) is 0. The molecule has 0 bridgehead atoms. The van der Waals surface area contributed by atoms with Crippen molar-refractivity contribution in [1.29, 1.82) is 0 Å². The molecule has 1 atom stereocenters. The summed E-state index contributed by atoms with van der Waals surface area (Å²) < 4.78 is 13.9. The summed E-state index contributed by atoms with van der Waals surface area (Å²) in [4.78, 5) is 28.3. The molecule has 1 aliphatic rings. The molecule has 0 aliphatic carbocycles. The summed E-state index contributed by atoms with van der Waals surface area (Å²) in [5.74, 6) is -0.782. The standard InChI is InChI=1S/C20H21FN2O2/c1-13-8-9-17(14(2)10-13)23-19(24)11-18(20(23)25)22(3)12-15-6-4-5-7-16(15)21/h4-10,18H,11-12H2,1-3H3. The Kier molecular flexibility index (Phi) is 4.68. The molecule has 0 aromatic heterocycles. The molecule has 25 heavy (non-hydrogen) atoms. The molecule has 3 rings (SSSR count). The van der Waals surface area contributed by atoms with E-state index in [4.69, 9.17) is 0 Å². The molecular formula is C20H21FN2O2. The van der Waals surface area contributed by atoms with Crippen molar-refractivity contribution >= 4 is 17.5 Å². The maximum absolute atomic E-state index is 13.9. The maximum Gasteiger partial charge on any atom is 0.251 e. The van der Waals surface area contributed by atoms with Crippen molar-refractivity contribution in [2.24, 2.45) is 0 Å². The van der Waals surface area contributed by atoms with Gasteiger partial charge in [-0.1, -0.05) is 35.9 Å². The first kappa shape index (κ1) is 17.3. The van der Waals surface area contributed by atoms with Crippen molar-refractivity contribution in [2.75, 3.05) is 11.9 Å². The van der Waals surface area contributed by atoms with E-state index in [9.17, 15) is 14.0 Å². The molecule has 4 nitrogen and oxygen atoms in total. The number of carbonyl (C=O) groups is 2.